The largest absolute Gasteiger partial charge is 0.102 e. The van der Waals surface area contributed by atoms with E-state index in [1.165, 1.54) is 59.9 Å². The van der Waals surface area contributed by atoms with Gasteiger partial charge in [0.25, 0.3) is 0 Å². The van der Waals surface area contributed by atoms with Crippen molar-refractivity contribution >= 4 is 0 Å². The first-order valence-corrected chi connectivity index (χ1v) is 14.3. The zero-order chi connectivity index (χ0) is 25.9. The monoisotopic (exact) mass is 478 g/mol. The van der Waals surface area contributed by atoms with Gasteiger partial charge in [0.05, 0.1) is 0 Å². The first-order chi connectivity index (χ1) is 17.0. The van der Waals surface area contributed by atoms with E-state index in [1.54, 1.807) is 16.7 Å². The highest BCUT2D eigenvalue weighted by molar-refractivity contribution is 5.81. The minimum Gasteiger partial charge on any atom is -0.102 e. The summed E-state index contributed by atoms with van der Waals surface area (Å²) in [5.74, 6) is 0.858. The van der Waals surface area contributed by atoms with Gasteiger partial charge >= 0.3 is 0 Å². The van der Waals surface area contributed by atoms with E-state index in [0.717, 1.165) is 6.42 Å². The van der Waals surface area contributed by atoms with E-state index in [0.29, 0.717) is 11.8 Å². The van der Waals surface area contributed by atoms with Crippen LogP contribution in [0.25, 0.3) is 11.1 Å². The standard InChI is InChI=1S/C36H46/c1-9-24(2)25-13-14-28(21-25)36(19-11-10-12-20-36)33-31-22-26(34(3,4)5)15-17-29(31)30-18-16-27(23-32(30)33)35(6,7)8/h9,13,15-18,21-24,33H,1,10-12,14,19-20H2,2-8H3. The fourth-order valence-electron chi connectivity index (χ4n) is 7.11. The maximum atomic E-state index is 4.09. The van der Waals surface area contributed by atoms with Crippen molar-refractivity contribution in [3.05, 3.63) is 94.6 Å². The van der Waals surface area contributed by atoms with Crippen LogP contribution in [0.15, 0.2) is 72.4 Å². The van der Waals surface area contributed by atoms with Gasteiger partial charge in [-0.05, 0) is 75.0 Å². The van der Waals surface area contributed by atoms with Gasteiger partial charge in [-0.3, -0.25) is 0 Å². The van der Waals surface area contributed by atoms with Crippen LogP contribution in [0.1, 0.15) is 115 Å². The van der Waals surface area contributed by atoms with Crippen LogP contribution in [0.3, 0.4) is 0 Å². The second-order valence-electron chi connectivity index (χ2n) is 13.9. The van der Waals surface area contributed by atoms with Gasteiger partial charge in [0, 0.05) is 11.3 Å². The molecule has 1 fully saturated rings. The quantitative estimate of drug-likeness (QED) is 0.383. The van der Waals surface area contributed by atoms with Crippen molar-refractivity contribution in [3.8, 4) is 11.1 Å². The molecule has 0 aliphatic heterocycles. The molecule has 2 aromatic carbocycles. The van der Waals surface area contributed by atoms with Gasteiger partial charge in [-0.1, -0.05) is 128 Å². The Kier molecular flexibility index (Phi) is 6.26. The van der Waals surface area contributed by atoms with Gasteiger partial charge in [0.1, 0.15) is 0 Å². The number of rotatable bonds is 4. The first-order valence-electron chi connectivity index (χ1n) is 14.3. The molecule has 0 spiro atoms. The van der Waals surface area contributed by atoms with Crippen LogP contribution in [-0.4, -0.2) is 0 Å². The highest BCUT2D eigenvalue weighted by atomic mass is 14.5. The lowest BCUT2D eigenvalue weighted by molar-refractivity contribution is 0.209. The topological polar surface area (TPSA) is 0 Å². The van der Waals surface area contributed by atoms with Crippen molar-refractivity contribution in [3.63, 3.8) is 0 Å². The molecule has 0 nitrogen and oxygen atoms in total. The van der Waals surface area contributed by atoms with E-state index in [1.807, 2.05) is 0 Å². The van der Waals surface area contributed by atoms with Gasteiger partial charge in [-0.15, -0.1) is 6.58 Å². The fraction of sp³-hybridized carbons (Fsp3) is 0.500. The summed E-state index contributed by atoms with van der Waals surface area (Å²) in [7, 11) is 0. The molecule has 0 aromatic heterocycles. The fourth-order valence-corrected chi connectivity index (χ4v) is 7.11. The van der Waals surface area contributed by atoms with Gasteiger partial charge in [0.2, 0.25) is 0 Å². The Morgan fingerprint density at radius 1 is 0.833 bits per heavy atom. The third-order valence-electron chi connectivity index (χ3n) is 9.46. The van der Waals surface area contributed by atoms with E-state index in [9.17, 15) is 0 Å². The van der Waals surface area contributed by atoms with Gasteiger partial charge in [0.15, 0.2) is 0 Å². The lowest BCUT2D eigenvalue weighted by Gasteiger charge is -2.45. The third-order valence-corrected chi connectivity index (χ3v) is 9.46. The molecule has 0 heterocycles. The number of hydrogen-bond acceptors (Lipinski definition) is 0. The van der Waals surface area contributed by atoms with Crippen molar-refractivity contribution in [2.24, 2.45) is 11.3 Å². The third kappa shape index (κ3) is 4.15. The second-order valence-corrected chi connectivity index (χ2v) is 13.9. The molecule has 0 saturated heterocycles. The predicted octanol–water partition coefficient (Wildman–Crippen LogP) is 10.4. The Bertz CT molecular complexity index is 1160. The van der Waals surface area contributed by atoms with E-state index in [4.69, 9.17) is 0 Å². The summed E-state index contributed by atoms with van der Waals surface area (Å²) in [6, 6.07) is 14.8. The van der Waals surface area contributed by atoms with Crippen molar-refractivity contribution in [2.75, 3.05) is 0 Å². The summed E-state index contributed by atoms with van der Waals surface area (Å²) in [4.78, 5) is 0. The molecule has 2 aromatic rings. The average Bonchev–Trinajstić information content (AvgIpc) is 3.46. The van der Waals surface area contributed by atoms with Crippen molar-refractivity contribution in [1.82, 2.24) is 0 Å². The number of fused-ring (bicyclic) bond motifs is 3. The van der Waals surface area contributed by atoms with Crippen LogP contribution in [0.2, 0.25) is 0 Å². The summed E-state index contributed by atoms with van der Waals surface area (Å²) in [6.07, 6.45) is 14.9. The van der Waals surface area contributed by atoms with Gasteiger partial charge in [-0.2, -0.15) is 0 Å². The molecule has 0 radical (unpaired) electrons. The molecule has 3 aliphatic rings. The highest BCUT2D eigenvalue weighted by Gasteiger charge is 2.48. The molecule has 36 heavy (non-hydrogen) atoms. The summed E-state index contributed by atoms with van der Waals surface area (Å²) < 4.78 is 0. The highest BCUT2D eigenvalue weighted by Crippen LogP contribution is 2.62. The molecule has 0 bridgehead atoms. The van der Waals surface area contributed by atoms with E-state index >= 15 is 0 Å². The molecule has 0 heteroatoms. The minimum absolute atomic E-state index is 0.144. The van der Waals surface area contributed by atoms with E-state index in [2.05, 4.69) is 110 Å². The molecular weight excluding hydrogens is 432 g/mol. The van der Waals surface area contributed by atoms with Gasteiger partial charge < -0.3 is 0 Å². The van der Waals surface area contributed by atoms with Crippen LogP contribution in [0.5, 0.6) is 0 Å². The van der Waals surface area contributed by atoms with E-state index < -0.39 is 0 Å². The Hall–Kier alpha value is -2.34. The molecule has 3 aliphatic carbocycles. The summed E-state index contributed by atoms with van der Waals surface area (Å²) in [5, 5.41) is 0. The Morgan fingerprint density at radius 3 is 1.83 bits per heavy atom. The molecule has 0 N–H and O–H groups in total. The van der Waals surface area contributed by atoms with Crippen LogP contribution in [0.4, 0.5) is 0 Å². The first kappa shape index (κ1) is 25.3. The van der Waals surface area contributed by atoms with Crippen molar-refractivity contribution in [1.29, 1.82) is 0 Å². The lowest BCUT2D eigenvalue weighted by Crippen LogP contribution is -2.33. The van der Waals surface area contributed by atoms with Crippen LogP contribution in [0, 0.1) is 11.3 Å². The molecule has 0 amide bonds. The zero-order valence-electron chi connectivity index (χ0n) is 23.8. The normalized spacial score (nSPS) is 20.4. The smallest absolute Gasteiger partial charge is 0.0196 e. The molecule has 190 valence electrons. The predicted molar refractivity (Wildman–Crippen MR) is 157 cm³/mol. The van der Waals surface area contributed by atoms with Gasteiger partial charge in [-0.25, -0.2) is 0 Å². The van der Waals surface area contributed by atoms with Crippen molar-refractivity contribution in [2.45, 2.75) is 104 Å². The maximum Gasteiger partial charge on any atom is 0.0196 e. The van der Waals surface area contributed by atoms with Crippen molar-refractivity contribution < 1.29 is 0 Å². The van der Waals surface area contributed by atoms with Crippen LogP contribution in [-0.2, 0) is 10.8 Å². The number of hydrogen-bond donors (Lipinski definition) is 0. The SMILES string of the molecule is C=CC(C)C1=CCC(C2(C3c4cc(C(C)(C)C)ccc4-c4ccc(C(C)(C)C)cc43)CCCCC2)=C1. The zero-order valence-corrected chi connectivity index (χ0v) is 23.8. The summed E-state index contributed by atoms with van der Waals surface area (Å²) in [5.41, 5.74) is 12.7. The molecule has 1 saturated carbocycles. The Labute approximate surface area is 220 Å². The minimum atomic E-state index is 0.144. The average molecular weight is 479 g/mol. The molecule has 1 unspecified atom stereocenters. The maximum absolute atomic E-state index is 4.09. The lowest BCUT2D eigenvalue weighted by atomic mass is 9.58. The summed E-state index contributed by atoms with van der Waals surface area (Å²) in [6.45, 7) is 20.5. The Balaban J connectivity index is 1.75. The molecular formula is C36H46. The Morgan fingerprint density at radius 2 is 1.36 bits per heavy atom. The molecule has 1 atom stereocenters. The van der Waals surface area contributed by atoms with E-state index in [-0.39, 0.29) is 16.2 Å². The molecule has 5 rings (SSSR count). The second kappa shape index (κ2) is 8.90. The number of allylic oxidation sites excluding steroid dienone is 5. The van der Waals surface area contributed by atoms with Crippen LogP contribution >= 0.6 is 0 Å². The summed E-state index contributed by atoms with van der Waals surface area (Å²) >= 11 is 0. The van der Waals surface area contributed by atoms with Crippen LogP contribution < -0.4 is 0 Å². The number of benzene rings is 2.